The molecule has 0 aromatic heterocycles. The number of benzene rings is 1. The van der Waals surface area contributed by atoms with E-state index in [1.165, 1.54) is 18.2 Å². The predicted molar refractivity (Wildman–Crippen MR) is 77.9 cm³/mol. The summed E-state index contributed by atoms with van der Waals surface area (Å²) < 4.78 is 42.4. The molecule has 4 atom stereocenters. The van der Waals surface area contributed by atoms with Gasteiger partial charge in [0, 0.05) is 6.42 Å². The van der Waals surface area contributed by atoms with Crippen LogP contribution in [0.25, 0.3) is 6.08 Å². The Morgan fingerprint density at radius 1 is 1.17 bits per heavy atom. The van der Waals surface area contributed by atoms with E-state index in [4.69, 9.17) is 4.74 Å². The number of ether oxygens (including phenoxy) is 1. The minimum absolute atomic E-state index is 0.196. The molecular formula is C16H17F3O5. The van der Waals surface area contributed by atoms with Gasteiger partial charge in [-0.1, -0.05) is 18.2 Å². The standard InChI is InChI=1S/C16H17F3O5/c17-16(18,19)10-4-1-9(2-5-10)3-6-11(20)7-13-15(23)14(22)12(21)8-24-13/h1-6,12-15,21-23H,7-8H2/b6-3+/t12-,13+,14+,15+/m1/s1. The van der Waals surface area contributed by atoms with E-state index in [0.717, 1.165) is 18.2 Å². The first-order valence-corrected chi connectivity index (χ1v) is 7.22. The molecule has 0 amide bonds. The van der Waals surface area contributed by atoms with Crippen molar-refractivity contribution in [2.45, 2.75) is 37.0 Å². The van der Waals surface area contributed by atoms with Gasteiger partial charge in [-0.2, -0.15) is 13.2 Å². The predicted octanol–water partition coefficient (Wildman–Crippen LogP) is 1.16. The highest BCUT2D eigenvalue weighted by atomic mass is 19.4. The van der Waals surface area contributed by atoms with E-state index in [1.807, 2.05) is 0 Å². The van der Waals surface area contributed by atoms with E-state index in [1.54, 1.807) is 0 Å². The molecule has 0 saturated carbocycles. The van der Waals surface area contributed by atoms with Crippen molar-refractivity contribution in [3.63, 3.8) is 0 Å². The summed E-state index contributed by atoms with van der Waals surface area (Å²) in [7, 11) is 0. The Bertz CT molecular complexity index is 597. The lowest BCUT2D eigenvalue weighted by atomic mass is 9.96. The average Bonchev–Trinajstić information content (AvgIpc) is 2.53. The first-order chi connectivity index (χ1) is 11.2. The third kappa shape index (κ3) is 4.64. The van der Waals surface area contributed by atoms with Crippen LogP contribution in [0.1, 0.15) is 17.5 Å². The zero-order valence-electron chi connectivity index (χ0n) is 12.5. The van der Waals surface area contributed by atoms with Crippen LogP contribution >= 0.6 is 0 Å². The molecule has 5 nitrogen and oxygen atoms in total. The lowest BCUT2D eigenvalue weighted by molar-refractivity contribution is -0.188. The molecule has 1 aliphatic heterocycles. The van der Waals surface area contributed by atoms with Crippen LogP contribution in [0.2, 0.25) is 0 Å². The van der Waals surface area contributed by atoms with Crippen molar-refractivity contribution < 1.29 is 38.0 Å². The minimum Gasteiger partial charge on any atom is -0.388 e. The number of ketones is 1. The second-order valence-electron chi connectivity index (χ2n) is 5.54. The van der Waals surface area contributed by atoms with Crippen molar-refractivity contribution in [1.29, 1.82) is 0 Å². The Kier molecular flexibility index (Phi) is 5.76. The number of halogens is 3. The number of carbonyl (C=O) groups excluding carboxylic acids is 1. The summed E-state index contributed by atoms with van der Waals surface area (Å²) in [5, 5.41) is 28.6. The first-order valence-electron chi connectivity index (χ1n) is 7.22. The average molecular weight is 346 g/mol. The first kappa shape index (κ1) is 18.6. The smallest absolute Gasteiger partial charge is 0.388 e. The summed E-state index contributed by atoms with van der Waals surface area (Å²) in [6.45, 7) is -0.196. The van der Waals surface area contributed by atoms with Gasteiger partial charge in [-0.25, -0.2) is 0 Å². The van der Waals surface area contributed by atoms with Gasteiger partial charge in [0.2, 0.25) is 0 Å². The van der Waals surface area contributed by atoms with Crippen LogP contribution in [-0.4, -0.2) is 52.1 Å². The van der Waals surface area contributed by atoms with E-state index in [9.17, 15) is 33.3 Å². The summed E-state index contributed by atoms with van der Waals surface area (Å²) in [5.41, 5.74) is -0.367. The lowest BCUT2D eigenvalue weighted by Gasteiger charge is -2.34. The number of aliphatic hydroxyl groups is 3. The van der Waals surface area contributed by atoms with Crippen molar-refractivity contribution >= 4 is 11.9 Å². The van der Waals surface area contributed by atoms with Gasteiger partial charge < -0.3 is 20.1 Å². The molecule has 24 heavy (non-hydrogen) atoms. The highest BCUT2D eigenvalue weighted by Crippen LogP contribution is 2.29. The van der Waals surface area contributed by atoms with Gasteiger partial charge in [0.05, 0.1) is 18.3 Å². The number of hydrogen-bond acceptors (Lipinski definition) is 5. The molecule has 0 aliphatic carbocycles. The van der Waals surface area contributed by atoms with Gasteiger partial charge in [-0.05, 0) is 23.8 Å². The fraction of sp³-hybridized carbons (Fsp3) is 0.438. The Labute approximate surface area is 136 Å². The largest absolute Gasteiger partial charge is 0.416 e. The molecule has 1 aromatic carbocycles. The quantitative estimate of drug-likeness (QED) is 0.712. The van der Waals surface area contributed by atoms with E-state index < -0.39 is 41.9 Å². The van der Waals surface area contributed by atoms with Crippen molar-refractivity contribution in [1.82, 2.24) is 0 Å². The summed E-state index contributed by atoms with van der Waals surface area (Å²) in [4.78, 5) is 11.8. The van der Waals surface area contributed by atoms with Crippen molar-refractivity contribution in [2.75, 3.05) is 6.61 Å². The number of allylic oxidation sites excluding steroid dienone is 1. The fourth-order valence-electron chi connectivity index (χ4n) is 2.29. The molecule has 1 saturated heterocycles. The van der Waals surface area contributed by atoms with Crippen LogP contribution in [0.3, 0.4) is 0 Å². The topological polar surface area (TPSA) is 87.0 Å². The van der Waals surface area contributed by atoms with E-state index in [0.29, 0.717) is 5.56 Å². The Balaban J connectivity index is 1.93. The molecule has 1 heterocycles. The number of carbonyl (C=O) groups is 1. The maximum Gasteiger partial charge on any atom is 0.416 e. The summed E-state index contributed by atoms with van der Waals surface area (Å²) in [6.07, 6.45) is -7.08. The monoisotopic (exact) mass is 346 g/mol. The Morgan fingerprint density at radius 2 is 1.79 bits per heavy atom. The van der Waals surface area contributed by atoms with Crippen LogP contribution in [0.5, 0.6) is 0 Å². The van der Waals surface area contributed by atoms with Gasteiger partial charge in [-0.3, -0.25) is 4.79 Å². The van der Waals surface area contributed by atoms with Gasteiger partial charge in [-0.15, -0.1) is 0 Å². The van der Waals surface area contributed by atoms with Crippen LogP contribution in [0.4, 0.5) is 13.2 Å². The highest BCUT2D eigenvalue weighted by molar-refractivity contribution is 5.93. The highest BCUT2D eigenvalue weighted by Gasteiger charge is 2.38. The maximum atomic E-state index is 12.4. The van der Waals surface area contributed by atoms with Gasteiger partial charge in [0.15, 0.2) is 5.78 Å². The SMILES string of the molecule is O=C(/C=C/c1ccc(C(F)(F)F)cc1)C[C@@H]1OC[C@@H](O)[C@H](O)[C@H]1O. The molecule has 132 valence electrons. The molecule has 1 fully saturated rings. The number of alkyl halides is 3. The summed E-state index contributed by atoms with van der Waals surface area (Å²) >= 11 is 0. The van der Waals surface area contributed by atoms with Crippen LogP contribution < -0.4 is 0 Å². The molecule has 0 radical (unpaired) electrons. The van der Waals surface area contributed by atoms with E-state index in [2.05, 4.69) is 0 Å². The van der Waals surface area contributed by atoms with Gasteiger partial charge in [0.25, 0.3) is 0 Å². The second-order valence-corrected chi connectivity index (χ2v) is 5.54. The number of rotatable bonds is 4. The number of hydrogen-bond donors (Lipinski definition) is 3. The Hall–Kier alpha value is -1.74. The number of aliphatic hydroxyl groups excluding tert-OH is 3. The normalized spacial score (nSPS) is 28.2. The maximum absolute atomic E-state index is 12.4. The lowest BCUT2D eigenvalue weighted by Crippen LogP contribution is -2.53. The molecule has 1 aromatic rings. The second kappa shape index (κ2) is 7.43. The molecule has 0 spiro atoms. The van der Waals surface area contributed by atoms with Gasteiger partial charge >= 0.3 is 6.18 Å². The zero-order chi connectivity index (χ0) is 17.9. The summed E-state index contributed by atoms with van der Waals surface area (Å²) in [5.74, 6) is -0.428. The molecule has 0 bridgehead atoms. The Morgan fingerprint density at radius 3 is 2.38 bits per heavy atom. The molecule has 3 N–H and O–H groups in total. The molecule has 2 rings (SSSR count). The molecule has 8 heteroatoms. The zero-order valence-corrected chi connectivity index (χ0v) is 12.5. The third-order valence-electron chi connectivity index (χ3n) is 3.71. The van der Waals surface area contributed by atoms with Crippen LogP contribution in [0, 0.1) is 0 Å². The van der Waals surface area contributed by atoms with E-state index in [-0.39, 0.29) is 13.0 Å². The fourth-order valence-corrected chi connectivity index (χ4v) is 2.29. The van der Waals surface area contributed by atoms with Crippen molar-refractivity contribution in [3.8, 4) is 0 Å². The molecule has 0 unspecified atom stereocenters. The molecular weight excluding hydrogens is 329 g/mol. The van der Waals surface area contributed by atoms with Crippen molar-refractivity contribution in [2.24, 2.45) is 0 Å². The van der Waals surface area contributed by atoms with Crippen LogP contribution in [0.15, 0.2) is 30.3 Å². The molecule has 1 aliphatic rings. The van der Waals surface area contributed by atoms with E-state index >= 15 is 0 Å². The van der Waals surface area contributed by atoms with Crippen LogP contribution in [-0.2, 0) is 15.7 Å². The van der Waals surface area contributed by atoms with Gasteiger partial charge in [0.1, 0.15) is 18.3 Å². The summed E-state index contributed by atoms with van der Waals surface area (Å²) in [6, 6.07) is 4.29. The minimum atomic E-state index is -4.42. The van der Waals surface area contributed by atoms with Crippen molar-refractivity contribution in [3.05, 3.63) is 41.5 Å². The third-order valence-corrected chi connectivity index (χ3v) is 3.71.